The third-order valence-electron chi connectivity index (χ3n) is 2.63. The van der Waals surface area contributed by atoms with Crippen LogP contribution in [0.15, 0.2) is 29.0 Å². The van der Waals surface area contributed by atoms with Crippen LogP contribution in [-0.2, 0) is 6.61 Å². The number of ether oxygens (including phenoxy) is 1. The van der Waals surface area contributed by atoms with Crippen molar-refractivity contribution < 1.29 is 4.74 Å². The Balaban J connectivity index is 2.07. The Morgan fingerprint density at radius 3 is 2.83 bits per heavy atom. The molecule has 5 heteroatoms. The fourth-order valence-corrected chi connectivity index (χ4v) is 1.91. The molecule has 0 aliphatic heterocycles. The molecule has 0 amide bonds. The van der Waals surface area contributed by atoms with Gasteiger partial charge in [0.05, 0.1) is 0 Å². The molecular formula is C13H16BrN3O. The van der Waals surface area contributed by atoms with E-state index in [0.29, 0.717) is 6.61 Å². The average molecular weight is 310 g/mol. The molecule has 2 aromatic rings. The molecule has 2 rings (SSSR count). The fraction of sp³-hybridized carbons (Fsp3) is 0.385. The molecule has 18 heavy (non-hydrogen) atoms. The van der Waals surface area contributed by atoms with E-state index in [1.165, 1.54) is 0 Å². The third kappa shape index (κ3) is 2.90. The molecule has 1 aromatic heterocycles. The maximum absolute atomic E-state index is 5.73. The lowest BCUT2D eigenvalue weighted by Crippen LogP contribution is -2.10. The highest BCUT2D eigenvalue weighted by Gasteiger charge is 2.08. The first-order chi connectivity index (χ1) is 8.58. The second-order valence-corrected chi connectivity index (χ2v) is 5.27. The van der Waals surface area contributed by atoms with Crippen molar-refractivity contribution in [2.24, 2.45) is 0 Å². The minimum atomic E-state index is 0.290. The van der Waals surface area contributed by atoms with Gasteiger partial charge in [0.25, 0.3) is 0 Å². The molecule has 0 saturated carbocycles. The number of rotatable bonds is 4. The lowest BCUT2D eigenvalue weighted by molar-refractivity contribution is 0.282. The van der Waals surface area contributed by atoms with E-state index in [9.17, 15) is 0 Å². The van der Waals surface area contributed by atoms with Gasteiger partial charge in [0.15, 0.2) is 5.82 Å². The van der Waals surface area contributed by atoms with Gasteiger partial charge in [0.2, 0.25) is 0 Å². The van der Waals surface area contributed by atoms with Gasteiger partial charge in [-0.2, -0.15) is 5.10 Å². The van der Waals surface area contributed by atoms with Crippen LogP contribution in [0.1, 0.15) is 31.3 Å². The van der Waals surface area contributed by atoms with E-state index in [0.717, 1.165) is 21.6 Å². The van der Waals surface area contributed by atoms with Gasteiger partial charge in [-0.05, 0) is 44.5 Å². The van der Waals surface area contributed by atoms with Crippen molar-refractivity contribution in [1.82, 2.24) is 14.8 Å². The number of aromatic nitrogens is 3. The Bertz CT molecular complexity index is 537. The van der Waals surface area contributed by atoms with Crippen LogP contribution in [0.25, 0.3) is 0 Å². The van der Waals surface area contributed by atoms with Gasteiger partial charge in [0.1, 0.15) is 18.7 Å². The maximum Gasteiger partial charge on any atom is 0.165 e. The van der Waals surface area contributed by atoms with Gasteiger partial charge in [-0.3, -0.25) is 0 Å². The molecule has 0 N–H and O–H groups in total. The van der Waals surface area contributed by atoms with Crippen molar-refractivity contribution in [1.29, 1.82) is 0 Å². The van der Waals surface area contributed by atoms with E-state index >= 15 is 0 Å². The molecule has 4 nitrogen and oxygen atoms in total. The average Bonchev–Trinajstić information content (AvgIpc) is 2.79. The Labute approximate surface area is 115 Å². The Hall–Kier alpha value is -1.36. The maximum atomic E-state index is 5.73. The largest absolute Gasteiger partial charge is 0.486 e. The van der Waals surface area contributed by atoms with E-state index in [1.807, 2.05) is 29.8 Å². The van der Waals surface area contributed by atoms with Crippen LogP contribution in [-0.4, -0.2) is 14.8 Å². The van der Waals surface area contributed by atoms with Crippen LogP contribution < -0.4 is 4.74 Å². The molecule has 96 valence electrons. The second-order valence-electron chi connectivity index (χ2n) is 4.41. The number of benzene rings is 1. The molecule has 0 saturated heterocycles. The number of aryl methyl sites for hydroxylation is 1. The summed E-state index contributed by atoms with van der Waals surface area (Å²) in [6, 6.07) is 6.21. The van der Waals surface area contributed by atoms with Crippen molar-refractivity contribution in [3.05, 3.63) is 40.4 Å². The van der Waals surface area contributed by atoms with E-state index in [4.69, 9.17) is 4.74 Å². The van der Waals surface area contributed by atoms with E-state index in [1.54, 1.807) is 6.33 Å². The van der Waals surface area contributed by atoms with E-state index in [2.05, 4.69) is 39.9 Å². The molecule has 0 unspecified atom stereocenters. The summed E-state index contributed by atoms with van der Waals surface area (Å²) in [5.74, 6) is 1.68. The van der Waals surface area contributed by atoms with Crippen LogP contribution in [0.5, 0.6) is 5.75 Å². The molecule has 0 fully saturated rings. The number of hydrogen-bond acceptors (Lipinski definition) is 3. The predicted octanol–water partition coefficient (Wildman–Crippen LogP) is 3.51. The van der Waals surface area contributed by atoms with Crippen molar-refractivity contribution in [3.63, 3.8) is 0 Å². The first-order valence-electron chi connectivity index (χ1n) is 5.85. The molecule has 0 aliphatic rings. The van der Waals surface area contributed by atoms with Crippen molar-refractivity contribution in [2.45, 2.75) is 33.4 Å². The zero-order valence-corrected chi connectivity index (χ0v) is 12.3. The Morgan fingerprint density at radius 2 is 2.17 bits per heavy atom. The van der Waals surface area contributed by atoms with Crippen molar-refractivity contribution >= 4 is 15.9 Å². The lowest BCUT2D eigenvalue weighted by Gasteiger charge is -2.11. The minimum Gasteiger partial charge on any atom is -0.486 e. The zero-order valence-electron chi connectivity index (χ0n) is 10.7. The van der Waals surface area contributed by atoms with Gasteiger partial charge >= 0.3 is 0 Å². The Kier molecular flexibility index (Phi) is 4.01. The van der Waals surface area contributed by atoms with Crippen molar-refractivity contribution in [3.8, 4) is 5.75 Å². The van der Waals surface area contributed by atoms with Gasteiger partial charge in [0, 0.05) is 10.5 Å². The van der Waals surface area contributed by atoms with Crippen molar-refractivity contribution in [2.75, 3.05) is 0 Å². The molecule has 0 radical (unpaired) electrons. The molecule has 0 atom stereocenters. The van der Waals surface area contributed by atoms with Crippen LogP contribution in [0.4, 0.5) is 0 Å². The van der Waals surface area contributed by atoms with Gasteiger partial charge in [-0.25, -0.2) is 9.67 Å². The molecule has 0 spiro atoms. The summed E-state index contributed by atoms with van der Waals surface area (Å²) in [5, 5.41) is 4.18. The highest BCUT2D eigenvalue weighted by atomic mass is 79.9. The summed E-state index contributed by atoms with van der Waals surface area (Å²) in [7, 11) is 0. The summed E-state index contributed by atoms with van der Waals surface area (Å²) < 4.78 is 8.68. The minimum absolute atomic E-state index is 0.290. The highest BCUT2D eigenvalue weighted by molar-refractivity contribution is 9.10. The standard InChI is InChI=1S/C13H16BrN3O/c1-9(2)17-13(15-8-16-17)7-18-11-4-5-12(14)10(3)6-11/h4-6,8-9H,7H2,1-3H3. The topological polar surface area (TPSA) is 39.9 Å². The summed E-state index contributed by atoms with van der Waals surface area (Å²) in [6.45, 7) is 6.61. The van der Waals surface area contributed by atoms with Gasteiger partial charge in [-0.15, -0.1) is 0 Å². The summed E-state index contributed by atoms with van der Waals surface area (Å²) in [5.41, 5.74) is 1.15. The van der Waals surface area contributed by atoms with Crippen LogP contribution in [0.2, 0.25) is 0 Å². The number of nitrogens with zero attached hydrogens (tertiary/aromatic N) is 3. The Morgan fingerprint density at radius 1 is 1.39 bits per heavy atom. The van der Waals surface area contributed by atoms with E-state index in [-0.39, 0.29) is 6.04 Å². The first-order valence-corrected chi connectivity index (χ1v) is 6.64. The summed E-state index contributed by atoms with van der Waals surface area (Å²) in [6.07, 6.45) is 1.56. The SMILES string of the molecule is Cc1cc(OCc2ncnn2C(C)C)ccc1Br. The molecular weight excluding hydrogens is 294 g/mol. The second kappa shape index (κ2) is 5.52. The zero-order chi connectivity index (χ0) is 13.1. The molecule has 1 heterocycles. The number of hydrogen-bond donors (Lipinski definition) is 0. The quantitative estimate of drug-likeness (QED) is 0.867. The smallest absolute Gasteiger partial charge is 0.165 e. The van der Waals surface area contributed by atoms with Gasteiger partial charge < -0.3 is 4.74 Å². The third-order valence-corrected chi connectivity index (χ3v) is 3.52. The molecule has 1 aromatic carbocycles. The molecule has 0 aliphatic carbocycles. The van der Waals surface area contributed by atoms with Crippen LogP contribution >= 0.6 is 15.9 Å². The fourth-order valence-electron chi connectivity index (χ4n) is 1.66. The number of halogens is 1. The monoisotopic (exact) mass is 309 g/mol. The summed E-state index contributed by atoms with van der Waals surface area (Å²) >= 11 is 3.47. The lowest BCUT2D eigenvalue weighted by atomic mass is 10.2. The van der Waals surface area contributed by atoms with E-state index < -0.39 is 0 Å². The normalized spacial score (nSPS) is 10.9. The predicted molar refractivity (Wildman–Crippen MR) is 73.6 cm³/mol. The van der Waals surface area contributed by atoms with Crippen LogP contribution in [0, 0.1) is 6.92 Å². The van der Waals surface area contributed by atoms with Crippen LogP contribution in [0.3, 0.4) is 0 Å². The highest BCUT2D eigenvalue weighted by Crippen LogP contribution is 2.22. The summed E-state index contributed by atoms with van der Waals surface area (Å²) in [4.78, 5) is 4.21. The first kappa shape index (κ1) is 13.1. The van der Waals surface area contributed by atoms with Gasteiger partial charge in [-0.1, -0.05) is 15.9 Å². The molecule has 0 bridgehead atoms.